The second-order valence-electron chi connectivity index (χ2n) is 5.45. The maximum absolute atomic E-state index is 12.0. The molecular weight excluding hydrogens is 272 g/mol. The van der Waals surface area contributed by atoms with Gasteiger partial charge in [0, 0.05) is 22.9 Å². The van der Waals surface area contributed by atoms with Crippen LogP contribution in [-0.2, 0) is 9.53 Å². The number of hydrogen-bond acceptors (Lipinski definition) is 4. The van der Waals surface area contributed by atoms with E-state index in [0.717, 1.165) is 26.0 Å². The molecule has 0 spiro atoms. The molecule has 1 N–H and O–H groups in total. The van der Waals surface area contributed by atoms with Crippen LogP contribution < -0.4 is 5.32 Å². The topological polar surface area (TPSA) is 41.6 Å². The molecule has 4 nitrogen and oxygen atoms in total. The van der Waals surface area contributed by atoms with E-state index < -0.39 is 0 Å². The molecule has 1 aromatic rings. The molecular formula is C15H24N2O2S. The maximum Gasteiger partial charge on any atom is 0.238 e. The van der Waals surface area contributed by atoms with Crippen LogP contribution in [0.5, 0.6) is 0 Å². The lowest BCUT2D eigenvalue weighted by atomic mass is 10.2. The Morgan fingerprint density at radius 1 is 1.45 bits per heavy atom. The molecule has 1 saturated heterocycles. The SMILES string of the molecule is Cc1ccc(C2NCC(=O)N2CCCCOC(C)C)s1. The molecule has 5 heteroatoms. The highest BCUT2D eigenvalue weighted by molar-refractivity contribution is 7.12. The summed E-state index contributed by atoms with van der Waals surface area (Å²) in [4.78, 5) is 16.4. The van der Waals surface area contributed by atoms with E-state index in [1.165, 1.54) is 9.75 Å². The summed E-state index contributed by atoms with van der Waals surface area (Å²) in [5.41, 5.74) is 0. The molecule has 0 bridgehead atoms. The number of carbonyl (C=O) groups is 1. The highest BCUT2D eigenvalue weighted by atomic mass is 32.1. The molecule has 0 saturated carbocycles. The highest BCUT2D eigenvalue weighted by Crippen LogP contribution is 2.28. The number of carbonyl (C=O) groups excluding carboxylic acids is 1. The number of ether oxygens (including phenoxy) is 1. The van der Waals surface area contributed by atoms with Crippen molar-refractivity contribution >= 4 is 17.2 Å². The van der Waals surface area contributed by atoms with Crippen LogP contribution in [0.1, 0.15) is 42.6 Å². The van der Waals surface area contributed by atoms with Crippen molar-refractivity contribution in [3.63, 3.8) is 0 Å². The molecule has 0 radical (unpaired) electrons. The van der Waals surface area contributed by atoms with Crippen LogP contribution in [0.25, 0.3) is 0 Å². The monoisotopic (exact) mass is 296 g/mol. The van der Waals surface area contributed by atoms with Gasteiger partial charge in [-0.1, -0.05) is 0 Å². The second-order valence-corrected chi connectivity index (χ2v) is 6.77. The summed E-state index contributed by atoms with van der Waals surface area (Å²) < 4.78 is 5.53. The Labute approximate surface area is 125 Å². The summed E-state index contributed by atoms with van der Waals surface area (Å²) in [6, 6.07) is 4.23. The van der Waals surface area contributed by atoms with Crippen molar-refractivity contribution in [3.8, 4) is 0 Å². The van der Waals surface area contributed by atoms with Crippen molar-refractivity contribution in [2.24, 2.45) is 0 Å². The molecule has 1 fully saturated rings. The Morgan fingerprint density at radius 2 is 2.25 bits per heavy atom. The van der Waals surface area contributed by atoms with Crippen molar-refractivity contribution in [1.82, 2.24) is 10.2 Å². The van der Waals surface area contributed by atoms with Crippen LogP contribution in [-0.4, -0.2) is 36.6 Å². The van der Waals surface area contributed by atoms with Gasteiger partial charge in [-0.3, -0.25) is 10.1 Å². The zero-order valence-corrected chi connectivity index (χ0v) is 13.3. The van der Waals surface area contributed by atoms with Gasteiger partial charge in [-0.25, -0.2) is 0 Å². The first-order valence-electron chi connectivity index (χ1n) is 7.28. The maximum atomic E-state index is 12.0. The van der Waals surface area contributed by atoms with Crippen LogP contribution in [0.15, 0.2) is 12.1 Å². The molecule has 1 unspecified atom stereocenters. The van der Waals surface area contributed by atoms with Gasteiger partial charge in [0.2, 0.25) is 5.91 Å². The average Bonchev–Trinajstić information content (AvgIpc) is 2.96. The summed E-state index contributed by atoms with van der Waals surface area (Å²) in [6.07, 6.45) is 2.33. The van der Waals surface area contributed by atoms with Gasteiger partial charge in [0.25, 0.3) is 0 Å². The third-order valence-corrected chi connectivity index (χ3v) is 4.41. The summed E-state index contributed by atoms with van der Waals surface area (Å²) in [5, 5.41) is 3.30. The van der Waals surface area contributed by atoms with Crippen LogP contribution >= 0.6 is 11.3 Å². The number of nitrogens with one attached hydrogen (secondary N) is 1. The number of rotatable bonds is 7. The van der Waals surface area contributed by atoms with Crippen LogP contribution in [0.3, 0.4) is 0 Å². The van der Waals surface area contributed by atoms with Crippen molar-refractivity contribution in [1.29, 1.82) is 0 Å². The smallest absolute Gasteiger partial charge is 0.238 e. The van der Waals surface area contributed by atoms with Gasteiger partial charge >= 0.3 is 0 Å². The Balaban J connectivity index is 1.83. The number of amides is 1. The van der Waals surface area contributed by atoms with Crippen molar-refractivity contribution in [2.45, 2.75) is 45.9 Å². The van der Waals surface area contributed by atoms with E-state index in [4.69, 9.17) is 4.74 Å². The number of hydrogen-bond donors (Lipinski definition) is 1. The molecule has 0 aromatic carbocycles. The molecule has 1 amide bonds. The quantitative estimate of drug-likeness (QED) is 0.787. The minimum absolute atomic E-state index is 0.0622. The fraction of sp³-hybridized carbons (Fsp3) is 0.667. The molecule has 1 atom stereocenters. The molecule has 2 rings (SSSR count). The van der Waals surface area contributed by atoms with E-state index in [1.807, 2.05) is 18.7 Å². The molecule has 112 valence electrons. The first kappa shape index (κ1) is 15.5. The zero-order valence-electron chi connectivity index (χ0n) is 12.5. The van der Waals surface area contributed by atoms with E-state index in [9.17, 15) is 4.79 Å². The predicted molar refractivity (Wildman–Crippen MR) is 81.8 cm³/mol. The van der Waals surface area contributed by atoms with Crippen molar-refractivity contribution in [3.05, 3.63) is 21.9 Å². The third kappa shape index (κ3) is 4.04. The minimum atomic E-state index is 0.0622. The molecule has 1 aliphatic rings. The van der Waals surface area contributed by atoms with E-state index in [0.29, 0.717) is 6.54 Å². The Morgan fingerprint density at radius 3 is 2.90 bits per heavy atom. The lowest BCUT2D eigenvalue weighted by Gasteiger charge is -2.23. The largest absolute Gasteiger partial charge is 0.379 e. The van der Waals surface area contributed by atoms with E-state index in [2.05, 4.69) is 24.4 Å². The van der Waals surface area contributed by atoms with Gasteiger partial charge in [-0.05, 0) is 45.7 Å². The Bertz CT molecular complexity index is 445. The zero-order chi connectivity index (χ0) is 14.5. The van der Waals surface area contributed by atoms with Gasteiger partial charge in [0.1, 0.15) is 6.17 Å². The Kier molecular flexibility index (Phi) is 5.57. The fourth-order valence-electron chi connectivity index (χ4n) is 2.35. The lowest BCUT2D eigenvalue weighted by Crippen LogP contribution is -2.30. The molecule has 2 heterocycles. The summed E-state index contributed by atoms with van der Waals surface area (Å²) in [6.45, 7) is 8.21. The Hall–Kier alpha value is -0.910. The number of aryl methyl sites for hydroxylation is 1. The van der Waals surface area contributed by atoms with Gasteiger partial charge in [-0.15, -0.1) is 11.3 Å². The van der Waals surface area contributed by atoms with Crippen molar-refractivity contribution in [2.75, 3.05) is 19.7 Å². The fourth-order valence-corrected chi connectivity index (χ4v) is 3.32. The first-order valence-corrected chi connectivity index (χ1v) is 8.10. The molecule has 20 heavy (non-hydrogen) atoms. The molecule has 1 aliphatic heterocycles. The van der Waals surface area contributed by atoms with Crippen LogP contribution in [0, 0.1) is 6.92 Å². The summed E-state index contributed by atoms with van der Waals surface area (Å²) in [5.74, 6) is 0.200. The normalized spacial score (nSPS) is 19.3. The number of thiophene rings is 1. The minimum Gasteiger partial charge on any atom is -0.379 e. The van der Waals surface area contributed by atoms with E-state index >= 15 is 0 Å². The van der Waals surface area contributed by atoms with E-state index in [1.54, 1.807) is 11.3 Å². The second kappa shape index (κ2) is 7.20. The van der Waals surface area contributed by atoms with Crippen LogP contribution in [0.2, 0.25) is 0 Å². The lowest BCUT2D eigenvalue weighted by molar-refractivity contribution is -0.128. The number of nitrogens with zero attached hydrogens (tertiary/aromatic N) is 1. The van der Waals surface area contributed by atoms with Crippen molar-refractivity contribution < 1.29 is 9.53 Å². The van der Waals surface area contributed by atoms with Crippen LogP contribution in [0.4, 0.5) is 0 Å². The predicted octanol–water partition coefficient (Wildman–Crippen LogP) is 2.69. The van der Waals surface area contributed by atoms with Gasteiger partial charge < -0.3 is 9.64 Å². The third-order valence-electron chi connectivity index (χ3n) is 3.35. The summed E-state index contributed by atoms with van der Waals surface area (Å²) >= 11 is 1.76. The number of unbranched alkanes of at least 4 members (excludes halogenated alkanes) is 1. The highest BCUT2D eigenvalue weighted by Gasteiger charge is 2.31. The van der Waals surface area contributed by atoms with Gasteiger partial charge in [0.05, 0.1) is 12.6 Å². The average molecular weight is 296 g/mol. The van der Waals surface area contributed by atoms with E-state index in [-0.39, 0.29) is 18.2 Å². The standard InChI is InChI=1S/C15H24N2O2S/c1-11(2)19-9-5-4-8-17-14(18)10-16-15(17)13-7-6-12(3)20-13/h6-7,11,15-16H,4-5,8-10H2,1-3H3. The summed E-state index contributed by atoms with van der Waals surface area (Å²) in [7, 11) is 0. The van der Waals surface area contributed by atoms with Gasteiger partial charge in [-0.2, -0.15) is 0 Å². The molecule has 1 aromatic heterocycles. The molecule has 0 aliphatic carbocycles. The first-order chi connectivity index (χ1) is 9.58. The van der Waals surface area contributed by atoms with Gasteiger partial charge in [0.15, 0.2) is 0 Å².